The van der Waals surface area contributed by atoms with E-state index in [2.05, 4.69) is 5.32 Å². The summed E-state index contributed by atoms with van der Waals surface area (Å²) in [6.07, 6.45) is -0.955. The highest BCUT2D eigenvalue weighted by atomic mass is 16.6. The molecule has 226 valence electrons. The lowest BCUT2D eigenvalue weighted by Gasteiger charge is -2.26. The molecular weight excluding hydrogens is 548 g/mol. The third kappa shape index (κ3) is 8.44. The summed E-state index contributed by atoms with van der Waals surface area (Å²) in [5.41, 5.74) is 3.93. The maximum Gasteiger partial charge on any atom is 0.417 e. The monoisotopic (exact) mass is 586 g/mol. The van der Waals surface area contributed by atoms with Crippen LogP contribution in [0.15, 0.2) is 72.8 Å². The van der Waals surface area contributed by atoms with Crippen molar-refractivity contribution in [3.05, 3.63) is 106 Å². The summed E-state index contributed by atoms with van der Waals surface area (Å²) < 4.78 is 16.2. The number of carbonyl (C=O) groups excluding carboxylic acids is 4. The van der Waals surface area contributed by atoms with Gasteiger partial charge in [-0.25, -0.2) is 19.3 Å². The number of esters is 1. The molecule has 0 saturated carbocycles. The van der Waals surface area contributed by atoms with Crippen LogP contribution in [0.3, 0.4) is 0 Å². The summed E-state index contributed by atoms with van der Waals surface area (Å²) >= 11 is 0. The number of alkyl carbamates (subject to hydrolysis) is 1. The molecule has 1 saturated heterocycles. The Hall–Kier alpha value is -4.66. The number of benzene rings is 3. The van der Waals surface area contributed by atoms with Crippen LogP contribution in [0.2, 0.25) is 0 Å². The maximum absolute atomic E-state index is 13.9. The van der Waals surface area contributed by atoms with E-state index in [0.717, 1.165) is 27.2 Å². The van der Waals surface area contributed by atoms with Crippen LogP contribution in [0, 0.1) is 13.8 Å². The lowest BCUT2D eigenvalue weighted by Crippen LogP contribution is -2.46. The van der Waals surface area contributed by atoms with E-state index in [9.17, 15) is 19.2 Å². The van der Waals surface area contributed by atoms with E-state index in [1.807, 2.05) is 56.3 Å². The van der Waals surface area contributed by atoms with E-state index < -0.39 is 41.6 Å². The van der Waals surface area contributed by atoms with Crippen molar-refractivity contribution in [1.29, 1.82) is 0 Å². The molecule has 43 heavy (non-hydrogen) atoms. The molecule has 1 N–H and O–H groups in total. The number of nitrogens with zero attached hydrogens (tertiary/aromatic N) is 1. The normalized spacial score (nSPS) is 15.4. The maximum atomic E-state index is 13.9. The molecule has 9 nitrogen and oxygen atoms in total. The number of hydrogen-bond donors (Lipinski definition) is 1. The fourth-order valence-electron chi connectivity index (χ4n) is 4.90. The van der Waals surface area contributed by atoms with Crippen LogP contribution >= 0.6 is 0 Å². The van der Waals surface area contributed by atoms with Crippen LogP contribution in [0.4, 0.5) is 9.59 Å². The third-order valence-electron chi connectivity index (χ3n) is 7.01. The summed E-state index contributed by atoms with van der Waals surface area (Å²) in [6, 6.07) is 21.6. The first-order chi connectivity index (χ1) is 20.4. The molecule has 1 aliphatic heterocycles. The van der Waals surface area contributed by atoms with Gasteiger partial charge in [0, 0.05) is 6.54 Å². The second-order valence-electron chi connectivity index (χ2n) is 11.7. The first-order valence-corrected chi connectivity index (χ1v) is 14.2. The number of imide groups is 1. The summed E-state index contributed by atoms with van der Waals surface area (Å²) in [7, 11) is 0. The van der Waals surface area contributed by atoms with Crippen molar-refractivity contribution < 1.29 is 33.4 Å². The van der Waals surface area contributed by atoms with Crippen LogP contribution < -0.4 is 5.32 Å². The second-order valence-corrected chi connectivity index (χ2v) is 11.7. The zero-order valence-electron chi connectivity index (χ0n) is 25.2. The van der Waals surface area contributed by atoms with Gasteiger partial charge in [0.2, 0.25) is 5.91 Å². The van der Waals surface area contributed by atoms with E-state index in [0.29, 0.717) is 17.5 Å². The van der Waals surface area contributed by atoms with E-state index >= 15 is 0 Å². The quantitative estimate of drug-likeness (QED) is 0.247. The molecule has 4 rings (SSSR count). The lowest BCUT2D eigenvalue weighted by atomic mass is 9.95. The van der Waals surface area contributed by atoms with Gasteiger partial charge < -0.3 is 19.5 Å². The van der Waals surface area contributed by atoms with Crippen LogP contribution in [-0.4, -0.2) is 53.8 Å². The largest absolute Gasteiger partial charge is 0.457 e. The highest BCUT2D eigenvalue weighted by Gasteiger charge is 2.41. The molecule has 1 heterocycles. The minimum Gasteiger partial charge on any atom is -0.457 e. The lowest BCUT2D eigenvalue weighted by molar-refractivity contribution is -0.130. The Balaban J connectivity index is 1.51. The fraction of sp³-hybridized carbons (Fsp3) is 0.353. The van der Waals surface area contributed by atoms with Crippen molar-refractivity contribution in [3.8, 4) is 0 Å². The van der Waals surface area contributed by atoms with Gasteiger partial charge in [0.1, 0.15) is 18.8 Å². The SMILES string of the molecule is Cc1ccc(C(=O)OCc2ccc(C(CNC(=O)OC(C)(C)C)C(=O)N3C(=O)OC[C@H]3Cc3ccccc3)cc2)c(C)c1. The number of carbonyl (C=O) groups is 4. The molecule has 0 aromatic heterocycles. The van der Waals surface area contributed by atoms with Gasteiger partial charge in [0.25, 0.3) is 0 Å². The molecule has 9 heteroatoms. The van der Waals surface area contributed by atoms with Crippen LogP contribution in [0.1, 0.15) is 64.9 Å². The van der Waals surface area contributed by atoms with Crippen LogP contribution in [0.25, 0.3) is 0 Å². The number of hydrogen-bond acceptors (Lipinski definition) is 7. The zero-order valence-corrected chi connectivity index (χ0v) is 25.2. The van der Waals surface area contributed by atoms with Crippen molar-refractivity contribution in [2.24, 2.45) is 0 Å². The average molecular weight is 587 g/mol. The highest BCUT2D eigenvalue weighted by Crippen LogP contribution is 2.26. The summed E-state index contributed by atoms with van der Waals surface area (Å²) in [5.74, 6) is -1.81. The third-order valence-corrected chi connectivity index (χ3v) is 7.01. The number of amides is 3. The van der Waals surface area contributed by atoms with Crippen LogP contribution in [-0.2, 0) is 32.0 Å². The topological polar surface area (TPSA) is 111 Å². The Morgan fingerprint density at radius 2 is 1.67 bits per heavy atom. The number of aryl methyl sites for hydroxylation is 2. The number of ether oxygens (including phenoxy) is 3. The first kappa shape index (κ1) is 31.3. The summed E-state index contributed by atoms with van der Waals surface area (Å²) in [5, 5.41) is 2.67. The molecule has 1 unspecified atom stereocenters. The number of nitrogens with one attached hydrogen (secondary N) is 1. The predicted molar refractivity (Wildman–Crippen MR) is 161 cm³/mol. The molecular formula is C34H38N2O7. The van der Waals surface area contributed by atoms with Gasteiger partial charge in [-0.05, 0) is 69.4 Å². The molecule has 1 fully saturated rings. The molecule has 3 aromatic rings. The molecule has 0 aliphatic carbocycles. The average Bonchev–Trinajstić information content (AvgIpc) is 3.31. The fourth-order valence-corrected chi connectivity index (χ4v) is 4.90. The minimum absolute atomic E-state index is 0.0405. The summed E-state index contributed by atoms with van der Waals surface area (Å²) in [6.45, 7) is 9.08. The van der Waals surface area contributed by atoms with Gasteiger partial charge in [-0.2, -0.15) is 0 Å². The Labute approximate surface area is 252 Å². The van der Waals surface area contributed by atoms with E-state index in [4.69, 9.17) is 14.2 Å². The van der Waals surface area contributed by atoms with E-state index in [-0.39, 0.29) is 19.8 Å². The molecule has 1 aliphatic rings. The molecule has 3 amide bonds. The molecule has 2 atom stereocenters. The van der Waals surface area contributed by atoms with Gasteiger partial charge in [0.05, 0.1) is 17.5 Å². The Morgan fingerprint density at radius 1 is 0.977 bits per heavy atom. The Kier molecular flexibility index (Phi) is 9.85. The van der Waals surface area contributed by atoms with Gasteiger partial charge >= 0.3 is 18.2 Å². The standard InChI is InChI=1S/C34H38N2O7/c1-22-11-16-28(23(2)17-22)31(38)41-20-25-12-14-26(15-13-25)29(19-35-32(39)43-34(3,4)5)30(37)36-27(21-42-33(36)40)18-24-9-7-6-8-10-24/h6-17,27,29H,18-21H2,1-5H3,(H,35,39)/t27-,29?/m1/s1. The zero-order chi connectivity index (χ0) is 31.1. The Morgan fingerprint density at radius 3 is 2.33 bits per heavy atom. The van der Waals surface area contributed by atoms with Crippen molar-refractivity contribution in [1.82, 2.24) is 10.2 Å². The van der Waals surface area contributed by atoms with Crippen molar-refractivity contribution in [3.63, 3.8) is 0 Å². The molecule has 0 radical (unpaired) electrons. The van der Waals surface area contributed by atoms with Crippen LogP contribution in [0.5, 0.6) is 0 Å². The predicted octanol–water partition coefficient (Wildman–Crippen LogP) is 5.86. The van der Waals surface area contributed by atoms with Crippen molar-refractivity contribution in [2.75, 3.05) is 13.2 Å². The number of cyclic esters (lactones) is 1. The summed E-state index contributed by atoms with van der Waals surface area (Å²) in [4.78, 5) is 52.9. The minimum atomic E-state index is -0.900. The van der Waals surface area contributed by atoms with E-state index in [1.165, 1.54) is 0 Å². The van der Waals surface area contributed by atoms with Gasteiger partial charge in [-0.1, -0.05) is 72.3 Å². The highest BCUT2D eigenvalue weighted by molar-refractivity contribution is 5.97. The van der Waals surface area contributed by atoms with Gasteiger partial charge in [-0.3, -0.25) is 4.79 Å². The molecule has 3 aromatic carbocycles. The van der Waals surface area contributed by atoms with Gasteiger partial charge in [-0.15, -0.1) is 0 Å². The Bertz CT molecular complexity index is 1460. The van der Waals surface area contributed by atoms with Crippen molar-refractivity contribution in [2.45, 2.75) is 65.2 Å². The first-order valence-electron chi connectivity index (χ1n) is 14.2. The molecule has 0 bridgehead atoms. The van der Waals surface area contributed by atoms with Gasteiger partial charge in [0.15, 0.2) is 0 Å². The van der Waals surface area contributed by atoms with Crippen molar-refractivity contribution >= 4 is 24.1 Å². The molecule has 0 spiro atoms. The second kappa shape index (κ2) is 13.5. The van der Waals surface area contributed by atoms with E-state index in [1.54, 1.807) is 51.1 Å². The smallest absolute Gasteiger partial charge is 0.417 e. The number of rotatable bonds is 9.